The first-order valence-corrected chi connectivity index (χ1v) is 8.00. The number of ether oxygens (including phenoxy) is 1. The average Bonchev–Trinajstić information content (AvgIpc) is 2.65. The predicted octanol–water partition coefficient (Wildman–Crippen LogP) is 3.12. The van der Waals surface area contributed by atoms with Crippen molar-refractivity contribution in [2.24, 2.45) is 0 Å². The van der Waals surface area contributed by atoms with Gasteiger partial charge in [0.05, 0.1) is 24.7 Å². The zero-order chi connectivity index (χ0) is 16.5. The molecule has 1 aromatic rings. The Bertz CT molecular complexity index is 548. The second kappa shape index (κ2) is 6.30. The number of esters is 1. The molecular formula is C15H21BBrNO4. The Morgan fingerprint density at radius 2 is 1.95 bits per heavy atom. The molecule has 2 rings (SSSR count). The molecule has 120 valence electrons. The molecule has 0 amide bonds. The van der Waals surface area contributed by atoms with Gasteiger partial charge in [0.15, 0.2) is 0 Å². The molecule has 1 atom stereocenters. The van der Waals surface area contributed by atoms with Crippen LogP contribution in [-0.2, 0) is 18.8 Å². The van der Waals surface area contributed by atoms with Gasteiger partial charge in [-0.05, 0) is 55.3 Å². The summed E-state index contributed by atoms with van der Waals surface area (Å²) in [6.07, 6.45) is 1.85. The van der Waals surface area contributed by atoms with Crippen LogP contribution < -0.4 is 0 Å². The van der Waals surface area contributed by atoms with Crippen molar-refractivity contribution in [3.8, 4) is 0 Å². The van der Waals surface area contributed by atoms with E-state index in [4.69, 9.17) is 14.0 Å². The summed E-state index contributed by atoms with van der Waals surface area (Å²) in [4.78, 5) is 16.0. The van der Waals surface area contributed by atoms with Crippen LogP contribution in [0.3, 0.4) is 0 Å². The minimum Gasteiger partial charge on any atom is -0.469 e. The molecule has 0 bridgehead atoms. The average molecular weight is 370 g/mol. The molecule has 0 aliphatic carbocycles. The molecule has 1 saturated heterocycles. The summed E-state index contributed by atoms with van der Waals surface area (Å²) in [7, 11) is 0.839. The largest absolute Gasteiger partial charge is 0.469 e. The van der Waals surface area contributed by atoms with E-state index in [9.17, 15) is 4.79 Å². The van der Waals surface area contributed by atoms with Crippen LogP contribution in [0.1, 0.15) is 45.5 Å². The fourth-order valence-corrected chi connectivity index (χ4v) is 2.89. The van der Waals surface area contributed by atoms with Crippen LogP contribution in [0.5, 0.6) is 0 Å². The van der Waals surface area contributed by atoms with E-state index in [1.807, 2.05) is 39.8 Å². The Balaban J connectivity index is 2.35. The minimum absolute atomic E-state index is 0.164. The normalized spacial score (nSPS) is 20.7. The maximum atomic E-state index is 11.8. The molecule has 0 N–H and O–H groups in total. The Morgan fingerprint density at radius 3 is 2.45 bits per heavy atom. The number of nitrogens with zero attached hydrogens (tertiary/aromatic N) is 1. The van der Waals surface area contributed by atoms with Crippen LogP contribution >= 0.6 is 15.9 Å². The third-order valence-electron chi connectivity index (χ3n) is 4.40. The number of methoxy groups -OCH3 is 1. The van der Waals surface area contributed by atoms with Crippen molar-refractivity contribution < 1.29 is 18.8 Å². The standard InChI is InChI=1S/C15H21BBrNO4/c1-14(2)15(3,4)22-16(21-14)11(9-12(19)20-5)10-7-6-8-18-13(10)17/h6-8,11H,9H2,1-5H3. The summed E-state index contributed by atoms with van der Waals surface area (Å²) >= 11 is 3.44. The first-order chi connectivity index (χ1) is 10.2. The lowest BCUT2D eigenvalue weighted by atomic mass is 9.66. The predicted molar refractivity (Wildman–Crippen MR) is 87.4 cm³/mol. The molecule has 0 radical (unpaired) electrons. The molecule has 1 fully saturated rings. The second-order valence-corrected chi connectivity index (χ2v) is 7.15. The molecule has 2 heterocycles. The lowest BCUT2D eigenvalue weighted by Crippen LogP contribution is -2.41. The van der Waals surface area contributed by atoms with E-state index >= 15 is 0 Å². The lowest BCUT2D eigenvalue weighted by Gasteiger charge is -2.32. The number of hydrogen-bond acceptors (Lipinski definition) is 5. The molecule has 22 heavy (non-hydrogen) atoms. The van der Waals surface area contributed by atoms with E-state index in [2.05, 4.69) is 20.9 Å². The van der Waals surface area contributed by atoms with Crippen LogP contribution in [0.4, 0.5) is 0 Å². The summed E-state index contributed by atoms with van der Waals surface area (Å²) < 4.78 is 17.7. The zero-order valence-electron chi connectivity index (χ0n) is 13.6. The number of halogens is 1. The van der Waals surface area contributed by atoms with E-state index in [1.54, 1.807) is 6.20 Å². The maximum Gasteiger partial charge on any atom is 0.466 e. The molecule has 0 spiro atoms. The molecule has 1 aliphatic heterocycles. The number of carbonyl (C=O) groups is 1. The van der Waals surface area contributed by atoms with Crippen LogP contribution in [0.15, 0.2) is 22.9 Å². The van der Waals surface area contributed by atoms with Crippen LogP contribution in [-0.4, -0.2) is 36.4 Å². The van der Waals surface area contributed by atoms with E-state index in [1.165, 1.54) is 7.11 Å². The van der Waals surface area contributed by atoms with Crippen LogP contribution in [0.2, 0.25) is 0 Å². The van der Waals surface area contributed by atoms with E-state index in [0.717, 1.165) is 5.56 Å². The number of hydrogen-bond donors (Lipinski definition) is 0. The van der Waals surface area contributed by atoms with Crippen LogP contribution in [0.25, 0.3) is 0 Å². The Hall–Kier alpha value is -0.915. The van der Waals surface area contributed by atoms with Crippen molar-refractivity contribution in [2.45, 2.75) is 51.1 Å². The van der Waals surface area contributed by atoms with Crippen molar-refractivity contribution >= 4 is 29.0 Å². The van der Waals surface area contributed by atoms with Gasteiger partial charge in [0.1, 0.15) is 4.60 Å². The van der Waals surface area contributed by atoms with Gasteiger partial charge in [0, 0.05) is 12.0 Å². The monoisotopic (exact) mass is 369 g/mol. The highest BCUT2D eigenvalue weighted by molar-refractivity contribution is 9.10. The smallest absolute Gasteiger partial charge is 0.466 e. The highest BCUT2D eigenvalue weighted by Gasteiger charge is 2.54. The van der Waals surface area contributed by atoms with Crippen molar-refractivity contribution in [1.29, 1.82) is 0 Å². The van der Waals surface area contributed by atoms with Gasteiger partial charge < -0.3 is 14.0 Å². The van der Waals surface area contributed by atoms with Crippen LogP contribution in [0, 0.1) is 0 Å². The zero-order valence-corrected chi connectivity index (χ0v) is 15.1. The van der Waals surface area contributed by atoms with Crippen molar-refractivity contribution in [3.63, 3.8) is 0 Å². The molecule has 0 aromatic carbocycles. The van der Waals surface area contributed by atoms with Gasteiger partial charge in [0.25, 0.3) is 0 Å². The van der Waals surface area contributed by atoms with E-state index in [0.29, 0.717) is 4.60 Å². The lowest BCUT2D eigenvalue weighted by molar-refractivity contribution is -0.140. The first kappa shape index (κ1) is 17.4. The fraction of sp³-hybridized carbons (Fsp3) is 0.600. The summed E-state index contributed by atoms with van der Waals surface area (Å²) in [6.45, 7) is 7.95. The number of pyridine rings is 1. The van der Waals surface area contributed by atoms with Gasteiger partial charge >= 0.3 is 13.1 Å². The summed E-state index contributed by atoms with van der Waals surface area (Å²) in [5, 5.41) is 0. The SMILES string of the molecule is COC(=O)CC(B1OC(C)(C)C(C)(C)O1)c1cccnc1Br. The van der Waals surface area contributed by atoms with Gasteiger partial charge in [-0.15, -0.1) is 0 Å². The Morgan fingerprint density at radius 1 is 1.36 bits per heavy atom. The first-order valence-electron chi connectivity index (χ1n) is 7.21. The Labute approximate surface area is 140 Å². The maximum absolute atomic E-state index is 11.8. The highest BCUT2D eigenvalue weighted by atomic mass is 79.9. The number of carbonyl (C=O) groups excluding carboxylic acids is 1. The van der Waals surface area contributed by atoms with Gasteiger partial charge in [-0.2, -0.15) is 0 Å². The fourth-order valence-electron chi connectivity index (χ4n) is 2.34. The molecule has 5 nitrogen and oxygen atoms in total. The second-order valence-electron chi connectivity index (χ2n) is 6.39. The molecular weight excluding hydrogens is 349 g/mol. The van der Waals surface area contributed by atoms with Crippen molar-refractivity contribution in [3.05, 3.63) is 28.5 Å². The number of rotatable bonds is 4. The summed E-state index contributed by atoms with van der Waals surface area (Å²) in [6, 6.07) is 3.74. The molecule has 0 saturated carbocycles. The highest BCUT2D eigenvalue weighted by Crippen LogP contribution is 2.42. The topological polar surface area (TPSA) is 57.7 Å². The van der Waals surface area contributed by atoms with Gasteiger partial charge in [0.2, 0.25) is 0 Å². The third-order valence-corrected chi connectivity index (χ3v) is 5.06. The van der Waals surface area contributed by atoms with E-state index in [-0.39, 0.29) is 18.2 Å². The molecule has 1 aliphatic rings. The van der Waals surface area contributed by atoms with Gasteiger partial charge in [-0.1, -0.05) is 6.07 Å². The van der Waals surface area contributed by atoms with Crippen molar-refractivity contribution in [2.75, 3.05) is 7.11 Å². The molecule has 1 unspecified atom stereocenters. The third kappa shape index (κ3) is 3.36. The quantitative estimate of drug-likeness (QED) is 0.463. The Kier molecular flexibility index (Phi) is 4.99. The minimum atomic E-state index is -0.537. The van der Waals surface area contributed by atoms with Gasteiger partial charge in [-0.3, -0.25) is 4.79 Å². The molecule has 7 heteroatoms. The number of aromatic nitrogens is 1. The summed E-state index contributed by atoms with van der Waals surface area (Å²) in [5.74, 6) is -0.605. The summed E-state index contributed by atoms with van der Waals surface area (Å²) in [5.41, 5.74) is -0.0482. The van der Waals surface area contributed by atoms with E-state index < -0.39 is 18.3 Å². The molecule has 1 aromatic heterocycles. The van der Waals surface area contributed by atoms with Gasteiger partial charge in [-0.25, -0.2) is 4.98 Å². The van der Waals surface area contributed by atoms with Crippen molar-refractivity contribution in [1.82, 2.24) is 4.98 Å².